The molecule has 2 aromatic heterocycles. The SMILES string of the molecule is CN(C)S(=O)(=O)c1ccc2c(c1)oc(=O)n2Cc1nccn1C. The van der Waals surface area contributed by atoms with Crippen molar-refractivity contribution in [1.29, 1.82) is 0 Å². The molecule has 0 aliphatic heterocycles. The molecule has 0 aliphatic carbocycles. The zero-order valence-electron chi connectivity index (χ0n) is 12.9. The van der Waals surface area contributed by atoms with E-state index in [0.717, 1.165) is 4.31 Å². The van der Waals surface area contributed by atoms with Gasteiger partial charge in [-0.2, -0.15) is 0 Å². The van der Waals surface area contributed by atoms with Crippen molar-refractivity contribution >= 4 is 21.1 Å². The Bertz CT molecular complexity index is 1030. The summed E-state index contributed by atoms with van der Waals surface area (Å²) in [6.45, 7) is 0.245. The van der Waals surface area contributed by atoms with Crippen LogP contribution in [0.1, 0.15) is 5.82 Å². The second-order valence-electron chi connectivity index (χ2n) is 5.33. The fourth-order valence-corrected chi connectivity index (χ4v) is 3.18. The molecule has 0 amide bonds. The molecule has 0 atom stereocenters. The molecule has 0 bridgehead atoms. The van der Waals surface area contributed by atoms with Crippen LogP contribution in [-0.2, 0) is 23.6 Å². The predicted molar refractivity (Wildman–Crippen MR) is 83.7 cm³/mol. The normalized spacial score (nSPS) is 12.3. The Kier molecular flexibility index (Phi) is 3.61. The molecule has 3 rings (SSSR count). The van der Waals surface area contributed by atoms with Crippen molar-refractivity contribution in [3.05, 3.63) is 47.0 Å². The van der Waals surface area contributed by atoms with Crippen LogP contribution in [0.15, 0.2) is 44.7 Å². The molecule has 0 fully saturated rings. The highest BCUT2D eigenvalue weighted by Gasteiger charge is 2.20. The monoisotopic (exact) mass is 336 g/mol. The number of hydrogen-bond acceptors (Lipinski definition) is 5. The van der Waals surface area contributed by atoms with E-state index in [1.165, 1.54) is 30.8 Å². The molecule has 0 radical (unpaired) electrons. The fourth-order valence-electron chi connectivity index (χ4n) is 2.26. The first-order valence-electron chi connectivity index (χ1n) is 6.83. The number of aryl methyl sites for hydroxylation is 1. The van der Waals surface area contributed by atoms with Gasteiger partial charge in [0.2, 0.25) is 10.0 Å². The van der Waals surface area contributed by atoms with Crippen LogP contribution in [0.3, 0.4) is 0 Å². The summed E-state index contributed by atoms with van der Waals surface area (Å²) in [5.74, 6) is 0.141. The third-order valence-corrected chi connectivity index (χ3v) is 5.45. The van der Waals surface area contributed by atoms with Crippen LogP contribution >= 0.6 is 0 Å². The summed E-state index contributed by atoms with van der Waals surface area (Å²) in [5, 5.41) is 0. The zero-order valence-corrected chi connectivity index (χ0v) is 13.7. The summed E-state index contributed by atoms with van der Waals surface area (Å²) < 4.78 is 33.8. The van der Waals surface area contributed by atoms with Crippen LogP contribution in [0.25, 0.3) is 11.1 Å². The first kappa shape index (κ1) is 15.5. The minimum Gasteiger partial charge on any atom is -0.408 e. The van der Waals surface area contributed by atoms with E-state index in [1.54, 1.807) is 23.0 Å². The molecule has 8 nitrogen and oxygen atoms in total. The Morgan fingerprint density at radius 2 is 2.04 bits per heavy atom. The fraction of sp³-hybridized carbons (Fsp3) is 0.286. The van der Waals surface area contributed by atoms with Crippen molar-refractivity contribution in [2.45, 2.75) is 11.4 Å². The van der Waals surface area contributed by atoms with Gasteiger partial charge in [-0.3, -0.25) is 4.57 Å². The van der Waals surface area contributed by atoms with Gasteiger partial charge in [-0.15, -0.1) is 0 Å². The molecule has 0 spiro atoms. The van der Waals surface area contributed by atoms with Gasteiger partial charge in [0.15, 0.2) is 5.58 Å². The van der Waals surface area contributed by atoms with E-state index < -0.39 is 15.8 Å². The number of nitrogens with zero attached hydrogens (tertiary/aromatic N) is 4. The van der Waals surface area contributed by atoms with Gasteiger partial charge in [0.1, 0.15) is 5.82 Å². The Morgan fingerprint density at radius 3 is 2.65 bits per heavy atom. The maximum atomic E-state index is 12.2. The number of benzene rings is 1. The highest BCUT2D eigenvalue weighted by atomic mass is 32.2. The van der Waals surface area contributed by atoms with E-state index in [0.29, 0.717) is 11.3 Å². The van der Waals surface area contributed by atoms with Crippen LogP contribution in [0.2, 0.25) is 0 Å². The van der Waals surface area contributed by atoms with Gasteiger partial charge < -0.3 is 8.98 Å². The molecule has 0 saturated carbocycles. The summed E-state index contributed by atoms with van der Waals surface area (Å²) in [4.78, 5) is 16.3. The van der Waals surface area contributed by atoms with E-state index in [9.17, 15) is 13.2 Å². The van der Waals surface area contributed by atoms with Crippen molar-refractivity contribution < 1.29 is 12.8 Å². The quantitative estimate of drug-likeness (QED) is 0.697. The number of hydrogen-bond donors (Lipinski definition) is 0. The number of imidazole rings is 1. The van der Waals surface area contributed by atoms with Crippen molar-refractivity contribution in [3.8, 4) is 0 Å². The molecule has 9 heteroatoms. The second kappa shape index (κ2) is 5.36. The average molecular weight is 336 g/mol. The first-order valence-corrected chi connectivity index (χ1v) is 8.27. The number of aromatic nitrogens is 3. The Hall–Kier alpha value is -2.39. The third-order valence-electron chi connectivity index (χ3n) is 3.64. The predicted octanol–water partition coefficient (Wildman–Crippen LogP) is 0.627. The van der Waals surface area contributed by atoms with E-state index in [1.807, 2.05) is 7.05 Å². The second-order valence-corrected chi connectivity index (χ2v) is 7.48. The van der Waals surface area contributed by atoms with E-state index >= 15 is 0 Å². The standard InChI is InChI=1S/C14H16N4O4S/c1-16(2)23(20,21)10-4-5-11-12(8-10)22-14(19)18(11)9-13-15-6-7-17(13)3/h4-8H,9H2,1-3H3. The molecule has 0 unspecified atom stereocenters. The molecular formula is C14H16N4O4S. The largest absolute Gasteiger partial charge is 0.420 e. The molecule has 0 aliphatic rings. The van der Waals surface area contributed by atoms with E-state index in [-0.39, 0.29) is 17.0 Å². The van der Waals surface area contributed by atoms with Crippen LogP contribution in [0.5, 0.6) is 0 Å². The first-order chi connectivity index (χ1) is 10.8. The van der Waals surface area contributed by atoms with E-state index in [2.05, 4.69) is 4.98 Å². The smallest absolute Gasteiger partial charge is 0.408 e. The lowest BCUT2D eigenvalue weighted by Gasteiger charge is -2.10. The summed E-state index contributed by atoms with van der Waals surface area (Å²) in [6.07, 6.45) is 3.43. The number of sulfonamides is 1. The minimum atomic E-state index is -3.58. The minimum absolute atomic E-state index is 0.0768. The third kappa shape index (κ3) is 2.57. The summed E-state index contributed by atoms with van der Waals surface area (Å²) in [5.41, 5.74) is 0.753. The van der Waals surface area contributed by atoms with Crippen molar-refractivity contribution in [3.63, 3.8) is 0 Å². The van der Waals surface area contributed by atoms with Crippen molar-refractivity contribution in [2.24, 2.45) is 7.05 Å². The average Bonchev–Trinajstić information content (AvgIpc) is 3.03. The van der Waals surface area contributed by atoms with Gasteiger partial charge >= 0.3 is 5.76 Å². The van der Waals surface area contributed by atoms with Crippen LogP contribution in [-0.4, -0.2) is 40.9 Å². The van der Waals surface area contributed by atoms with Gasteiger partial charge in [0.25, 0.3) is 0 Å². The van der Waals surface area contributed by atoms with E-state index in [4.69, 9.17) is 4.42 Å². The molecule has 23 heavy (non-hydrogen) atoms. The number of rotatable bonds is 4. The highest BCUT2D eigenvalue weighted by Crippen LogP contribution is 2.20. The molecular weight excluding hydrogens is 320 g/mol. The molecule has 122 valence electrons. The molecule has 1 aromatic carbocycles. The molecule has 3 aromatic rings. The van der Waals surface area contributed by atoms with Gasteiger partial charge in [-0.1, -0.05) is 0 Å². The summed E-state index contributed by atoms with van der Waals surface area (Å²) in [6, 6.07) is 4.39. The van der Waals surface area contributed by atoms with Crippen molar-refractivity contribution in [1.82, 2.24) is 18.4 Å². The van der Waals surface area contributed by atoms with Gasteiger partial charge in [0.05, 0.1) is 17.0 Å². The topological polar surface area (TPSA) is 90.3 Å². The van der Waals surface area contributed by atoms with Gasteiger partial charge in [-0.05, 0) is 12.1 Å². The van der Waals surface area contributed by atoms with Gasteiger partial charge in [0, 0.05) is 39.6 Å². The molecule has 0 saturated heterocycles. The maximum Gasteiger partial charge on any atom is 0.420 e. The Labute approximate surface area is 132 Å². The highest BCUT2D eigenvalue weighted by molar-refractivity contribution is 7.89. The Morgan fingerprint density at radius 1 is 1.30 bits per heavy atom. The molecule has 0 N–H and O–H groups in total. The van der Waals surface area contributed by atoms with Crippen LogP contribution < -0.4 is 5.76 Å². The lowest BCUT2D eigenvalue weighted by atomic mass is 10.3. The van der Waals surface area contributed by atoms with Gasteiger partial charge in [-0.25, -0.2) is 22.5 Å². The lowest BCUT2D eigenvalue weighted by molar-refractivity contribution is 0.509. The number of oxazole rings is 1. The Balaban J connectivity index is 2.11. The lowest BCUT2D eigenvalue weighted by Crippen LogP contribution is -2.22. The maximum absolute atomic E-state index is 12.2. The van der Waals surface area contributed by atoms with Crippen LogP contribution in [0, 0.1) is 0 Å². The molecule has 2 heterocycles. The summed E-state index contributed by atoms with van der Waals surface area (Å²) >= 11 is 0. The summed E-state index contributed by atoms with van der Waals surface area (Å²) in [7, 11) is 1.14. The van der Waals surface area contributed by atoms with Crippen LogP contribution in [0.4, 0.5) is 0 Å². The van der Waals surface area contributed by atoms with Crippen molar-refractivity contribution in [2.75, 3.05) is 14.1 Å². The zero-order chi connectivity index (χ0) is 16.8. The number of fused-ring (bicyclic) bond motifs is 1.